The second kappa shape index (κ2) is 6.35. The zero-order valence-electron chi connectivity index (χ0n) is 9.99. The number of hydrogen-bond donors (Lipinski definition) is 2. The van der Waals surface area contributed by atoms with Crippen LogP contribution in [0.15, 0.2) is 18.2 Å². The first-order valence-corrected chi connectivity index (χ1v) is 5.26. The first kappa shape index (κ1) is 12.8. The molecule has 0 bridgehead atoms. The van der Waals surface area contributed by atoms with Crippen molar-refractivity contribution >= 4 is 0 Å². The first-order valence-electron chi connectivity index (χ1n) is 5.26. The van der Waals surface area contributed by atoms with Gasteiger partial charge in [0.1, 0.15) is 0 Å². The van der Waals surface area contributed by atoms with Gasteiger partial charge in [-0.25, -0.2) is 0 Å². The number of methoxy groups -OCH3 is 2. The number of aromatic hydroxyl groups is 1. The average Bonchev–Trinajstić information content (AvgIpc) is 2.31. The standard InChI is InChI=1S/C12H19NO3/c1-9(15-2)7-13-8-10-4-5-11(14)12(6-10)16-3/h4-6,9,13-14H,7-8H2,1-3H3. The Kier molecular flexibility index (Phi) is 5.08. The second-order valence-electron chi connectivity index (χ2n) is 3.68. The van der Waals surface area contributed by atoms with Gasteiger partial charge in [0.15, 0.2) is 11.5 Å². The molecule has 0 fully saturated rings. The maximum atomic E-state index is 9.42. The van der Waals surface area contributed by atoms with Crippen LogP contribution in [0.4, 0.5) is 0 Å². The van der Waals surface area contributed by atoms with Gasteiger partial charge in [-0.1, -0.05) is 6.07 Å². The van der Waals surface area contributed by atoms with E-state index in [1.54, 1.807) is 20.3 Å². The fraction of sp³-hybridized carbons (Fsp3) is 0.500. The zero-order chi connectivity index (χ0) is 12.0. The number of phenols is 1. The van der Waals surface area contributed by atoms with Crippen LogP contribution in [-0.2, 0) is 11.3 Å². The lowest BCUT2D eigenvalue weighted by atomic mass is 10.2. The molecule has 0 saturated carbocycles. The lowest BCUT2D eigenvalue weighted by Crippen LogP contribution is -2.25. The zero-order valence-corrected chi connectivity index (χ0v) is 9.99. The Labute approximate surface area is 96.2 Å². The molecule has 0 saturated heterocycles. The van der Waals surface area contributed by atoms with Crippen LogP contribution in [0.25, 0.3) is 0 Å². The topological polar surface area (TPSA) is 50.7 Å². The molecule has 0 aliphatic rings. The van der Waals surface area contributed by atoms with Gasteiger partial charge >= 0.3 is 0 Å². The van der Waals surface area contributed by atoms with Crippen LogP contribution in [0.2, 0.25) is 0 Å². The van der Waals surface area contributed by atoms with E-state index in [-0.39, 0.29) is 11.9 Å². The van der Waals surface area contributed by atoms with Gasteiger partial charge in [0, 0.05) is 20.2 Å². The normalized spacial score (nSPS) is 12.4. The van der Waals surface area contributed by atoms with E-state index < -0.39 is 0 Å². The molecule has 0 aliphatic heterocycles. The van der Waals surface area contributed by atoms with Crippen molar-refractivity contribution in [3.05, 3.63) is 23.8 Å². The van der Waals surface area contributed by atoms with Gasteiger partial charge in [-0.15, -0.1) is 0 Å². The van der Waals surface area contributed by atoms with Crippen molar-refractivity contribution in [1.82, 2.24) is 5.32 Å². The molecule has 0 aromatic heterocycles. The van der Waals surface area contributed by atoms with Gasteiger partial charge in [-0.05, 0) is 24.6 Å². The van der Waals surface area contributed by atoms with Gasteiger partial charge < -0.3 is 19.9 Å². The number of ether oxygens (including phenoxy) is 2. The number of rotatable bonds is 6. The molecule has 1 atom stereocenters. The maximum Gasteiger partial charge on any atom is 0.160 e. The molecule has 0 heterocycles. The van der Waals surface area contributed by atoms with Crippen molar-refractivity contribution in [3.8, 4) is 11.5 Å². The van der Waals surface area contributed by atoms with Crippen LogP contribution < -0.4 is 10.1 Å². The third kappa shape index (κ3) is 3.72. The molecule has 0 spiro atoms. The van der Waals surface area contributed by atoms with E-state index in [0.717, 1.165) is 18.7 Å². The summed E-state index contributed by atoms with van der Waals surface area (Å²) in [6, 6.07) is 5.32. The molecular weight excluding hydrogens is 206 g/mol. The van der Waals surface area contributed by atoms with Crippen molar-refractivity contribution in [2.75, 3.05) is 20.8 Å². The average molecular weight is 225 g/mol. The van der Waals surface area contributed by atoms with E-state index in [9.17, 15) is 5.11 Å². The molecule has 0 radical (unpaired) electrons. The van der Waals surface area contributed by atoms with Crippen molar-refractivity contribution < 1.29 is 14.6 Å². The summed E-state index contributed by atoms with van der Waals surface area (Å²) >= 11 is 0. The number of phenolic OH excluding ortho intramolecular Hbond substituents is 1. The Bertz CT molecular complexity index is 328. The van der Waals surface area contributed by atoms with Crippen LogP contribution in [0.3, 0.4) is 0 Å². The highest BCUT2D eigenvalue weighted by Crippen LogP contribution is 2.25. The van der Waals surface area contributed by atoms with E-state index in [4.69, 9.17) is 9.47 Å². The SMILES string of the molecule is COc1cc(CNCC(C)OC)ccc1O. The van der Waals surface area contributed by atoms with Crippen LogP contribution >= 0.6 is 0 Å². The highest BCUT2D eigenvalue weighted by atomic mass is 16.5. The minimum Gasteiger partial charge on any atom is -0.504 e. The minimum absolute atomic E-state index is 0.163. The summed E-state index contributed by atoms with van der Waals surface area (Å²) in [4.78, 5) is 0. The molecule has 0 amide bonds. The van der Waals surface area contributed by atoms with E-state index in [1.807, 2.05) is 19.1 Å². The minimum atomic E-state index is 0.163. The molecule has 1 aromatic carbocycles. The molecule has 1 aromatic rings. The summed E-state index contributed by atoms with van der Waals surface area (Å²) in [6.45, 7) is 3.52. The third-order valence-corrected chi connectivity index (χ3v) is 2.41. The van der Waals surface area contributed by atoms with Gasteiger partial charge in [0.2, 0.25) is 0 Å². The van der Waals surface area contributed by atoms with Crippen molar-refractivity contribution in [2.24, 2.45) is 0 Å². The van der Waals surface area contributed by atoms with E-state index in [0.29, 0.717) is 5.75 Å². The lowest BCUT2D eigenvalue weighted by molar-refractivity contribution is 0.117. The summed E-state index contributed by atoms with van der Waals surface area (Å²) in [6.07, 6.45) is 0.194. The summed E-state index contributed by atoms with van der Waals surface area (Å²) in [5.74, 6) is 0.663. The Morgan fingerprint density at radius 1 is 1.38 bits per heavy atom. The Balaban J connectivity index is 2.48. The fourth-order valence-corrected chi connectivity index (χ4v) is 1.34. The fourth-order valence-electron chi connectivity index (χ4n) is 1.34. The summed E-state index contributed by atoms with van der Waals surface area (Å²) in [7, 11) is 3.23. The molecule has 0 aliphatic carbocycles. The van der Waals surface area contributed by atoms with Gasteiger partial charge in [0.05, 0.1) is 13.2 Å². The molecule has 90 valence electrons. The predicted molar refractivity (Wildman–Crippen MR) is 62.8 cm³/mol. The maximum absolute atomic E-state index is 9.42. The molecule has 2 N–H and O–H groups in total. The largest absolute Gasteiger partial charge is 0.504 e. The number of benzene rings is 1. The highest BCUT2D eigenvalue weighted by Gasteiger charge is 2.03. The second-order valence-corrected chi connectivity index (χ2v) is 3.68. The summed E-state index contributed by atoms with van der Waals surface area (Å²) in [5.41, 5.74) is 1.07. The number of nitrogens with one attached hydrogen (secondary N) is 1. The molecule has 16 heavy (non-hydrogen) atoms. The van der Waals surface area contributed by atoms with Gasteiger partial charge in [-0.3, -0.25) is 0 Å². The summed E-state index contributed by atoms with van der Waals surface area (Å²) < 4.78 is 10.2. The lowest BCUT2D eigenvalue weighted by Gasteiger charge is -2.11. The van der Waals surface area contributed by atoms with Gasteiger partial charge in [0.25, 0.3) is 0 Å². The Morgan fingerprint density at radius 2 is 2.12 bits per heavy atom. The van der Waals surface area contributed by atoms with Gasteiger partial charge in [-0.2, -0.15) is 0 Å². The highest BCUT2D eigenvalue weighted by molar-refractivity contribution is 5.41. The van der Waals surface area contributed by atoms with E-state index in [1.165, 1.54) is 0 Å². The number of hydrogen-bond acceptors (Lipinski definition) is 4. The van der Waals surface area contributed by atoms with E-state index in [2.05, 4.69) is 5.32 Å². The first-order chi connectivity index (χ1) is 7.67. The smallest absolute Gasteiger partial charge is 0.160 e. The molecule has 4 nitrogen and oxygen atoms in total. The molecular formula is C12H19NO3. The van der Waals surface area contributed by atoms with Crippen LogP contribution in [0.5, 0.6) is 11.5 Å². The van der Waals surface area contributed by atoms with Crippen molar-refractivity contribution in [2.45, 2.75) is 19.6 Å². The quantitative estimate of drug-likeness (QED) is 0.770. The summed E-state index contributed by atoms with van der Waals surface area (Å²) in [5, 5.41) is 12.7. The van der Waals surface area contributed by atoms with Crippen LogP contribution in [-0.4, -0.2) is 32.0 Å². The molecule has 1 rings (SSSR count). The van der Waals surface area contributed by atoms with E-state index >= 15 is 0 Å². The third-order valence-electron chi connectivity index (χ3n) is 2.41. The Morgan fingerprint density at radius 3 is 2.75 bits per heavy atom. The van der Waals surface area contributed by atoms with Crippen molar-refractivity contribution in [3.63, 3.8) is 0 Å². The Hall–Kier alpha value is -1.26. The van der Waals surface area contributed by atoms with Crippen LogP contribution in [0.1, 0.15) is 12.5 Å². The van der Waals surface area contributed by atoms with Crippen molar-refractivity contribution in [1.29, 1.82) is 0 Å². The molecule has 4 heteroatoms. The van der Waals surface area contributed by atoms with Crippen LogP contribution in [0, 0.1) is 0 Å². The predicted octanol–water partition coefficient (Wildman–Crippen LogP) is 1.53. The molecule has 1 unspecified atom stereocenters. The monoisotopic (exact) mass is 225 g/mol.